The minimum Gasteiger partial charge on any atom is -0.350 e. The fraction of sp³-hybridized carbons (Fsp3) is 0.579. The van der Waals surface area contributed by atoms with Crippen molar-refractivity contribution in [2.75, 3.05) is 18.1 Å². The van der Waals surface area contributed by atoms with Crippen molar-refractivity contribution < 1.29 is 4.79 Å². The predicted octanol–water partition coefficient (Wildman–Crippen LogP) is 5.13. The molecule has 26 heavy (non-hydrogen) atoms. The van der Waals surface area contributed by atoms with Crippen molar-refractivity contribution in [3.05, 3.63) is 28.8 Å². The summed E-state index contributed by atoms with van der Waals surface area (Å²) in [6, 6.07) is 6.29. The molecule has 0 bridgehead atoms. The van der Waals surface area contributed by atoms with Gasteiger partial charge in [-0.05, 0) is 37.5 Å². The summed E-state index contributed by atoms with van der Waals surface area (Å²) in [6.45, 7) is 1.95. The molecule has 0 aromatic heterocycles. The van der Waals surface area contributed by atoms with E-state index in [-0.39, 0.29) is 24.4 Å². The van der Waals surface area contributed by atoms with Crippen LogP contribution in [0.2, 0.25) is 5.02 Å². The molecule has 1 saturated carbocycles. The average Bonchev–Trinajstić information content (AvgIpc) is 2.92. The number of anilines is 1. The topological polar surface area (TPSA) is 44.7 Å². The number of hydrogen-bond donors (Lipinski definition) is 1. The molecule has 1 aromatic rings. The molecule has 0 spiro atoms. The molecular formula is C19H27Cl2N3OS. The summed E-state index contributed by atoms with van der Waals surface area (Å²) >= 11 is 7.90. The maximum atomic E-state index is 12.4. The number of rotatable bonds is 4. The Balaban J connectivity index is 0.00000243. The van der Waals surface area contributed by atoms with E-state index in [0.29, 0.717) is 17.5 Å². The SMILES string of the molecule is Cc1ccc(NC(=O)CC2CS/C(=N\C3CCCCC3)N2C)cc1Cl.Cl. The van der Waals surface area contributed by atoms with Crippen molar-refractivity contribution in [2.24, 2.45) is 4.99 Å². The average molecular weight is 416 g/mol. The molecule has 7 heteroatoms. The van der Waals surface area contributed by atoms with E-state index < -0.39 is 0 Å². The summed E-state index contributed by atoms with van der Waals surface area (Å²) in [5, 5.41) is 4.73. The quantitative estimate of drug-likeness (QED) is 0.740. The predicted molar refractivity (Wildman–Crippen MR) is 115 cm³/mol. The molecule has 0 radical (unpaired) electrons. The third kappa shape index (κ3) is 5.54. The van der Waals surface area contributed by atoms with Gasteiger partial charge in [-0.25, -0.2) is 0 Å². The zero-order valence-corrected chi connectivity index (χ0v) is 17.7. The van der Waals surface area contributed by atoms with E-state index in [1.807, 2.05) is 19.1 Å². The summed E-state index contributed by atoms with van der Waals surface area (Å²) in [6.07, 6.45) is 6.81. The van der Waals surface area contributed by atoms with Crippen molar-refractivity contribution in [1.29, 1.82) is 0 Å². The number of carbonyl (C=O) groups excluding carboxylic acids is 1. The van der Waals surface area contributed by atoms with Crippen LogP contribution in [0, 0.1) is 6.92 Å². The van der Waals surface area contributed by atoms with Crippen LogP contribution in [0.5, 0.6) is 0 Å². The van der Waals surface area contributed by atoms with Crippen LogP contribution in [0.4, 0.5) is 5.69 Å². The van der Waals surface area contributed by atoms with Gasteiger partial charge in [0.2, 0.25) is 5.91 Å². The molecule has 1 N–H and O–H groups in total. The fourth-order valence-electron chi connectivity index (χ4n) is 3.33. The molecule has 1 atom stereocenters. The molecule has 1 heterocycles. The number of amidine groups is 1. The number of carbonyl (C=O) groups is 1. The van der Waals surface area contributed by atoms with E-state index in [2.05, 4.69) is 17.3 Å². The highest BCUT2D eigenvalue weighted by atomic mass is 35.5. The molecule has 1 aliphatic heterocycles. The molecule has 2 fully saturated rings. The first-order valence-corrected chi connectivity index (χ1v) is 10.4. The van der Waals surface area contributed by atoms with Crippen molar-refractivity contribution in [1.82, 2.24) is 4.90 Å². The van der Waals surface area contributed by atoms with Crippen molar-refractivity contribution in [3.8, 4) is 0 Å². The summed E-state index contributed by atoms with van der Waals surface area (Å²) in [4.78, 5) is 19.5. The van der Waals surface area contributed by atoms with Gasteiger partial charge < -0.3 is 10.2 Å². The Morgan fingerprint density at radius 2 is 2.08 bits per heavy atom. The highest BCUT2D eigenvalue weighted by molar-refractivity contribution is 8.14. The van der Waals surface area contributed by atoms with E-state index in [0.717, 1.165) is 22.2 Å². The Morgan fingerprint density at radius 1 is 1.35 bits per heavy atom. The summed E-state index contributed by atoms with van der Waals surface area (Å²) in [5.74, 6) is 0.945. The lowest BCUT2D eigenvalue weighted by atomic mass is 9.96. The van der Waals surface area contributed by atoms with Gasteiger partial charge in [0.15, 0.2) is 5.17 Å². The van der Waals surface area contributed by atoms with Crippen LogP contribution in [-0.2, 0) is 4.79 Å². The van der Waals surface area contributed by atoms with E-state index >= 15 is 0 Å². The number of nitrogens with zero attached hydrogens (tertiary/aromatic N) is 2. The normalized spacial score (nSPS) is 22.3. The molecule has 2 aliphatic rings. The number of aliphatic imine (C=N–C) groups is 1. The third-order valence-electron chi connectivity index (χ3n) is 5.00. The summed E-state index contributed by atoms with van der Waals surface area (Å²) in [7, 11) is 2.06. The number of nitrogens with one attached hydrogen (secondary N) is 1. The van der Waals surface area contributed by atoms with E-state index in [1.54, 1.807) is 17.8 Å². The molecule has 1 saturated heterocycles. The molecule has 1 aliphatic carbocycles. The largest absolute Gasteiger partial charge is 0.350 e. The Morgan fingerprint density at radius 3 is 2.77 bits per heavy atom. The first-order valence-electron chi connectivity index (χ1n) is 9.02. The molecule has 1 unspecified atom stereocenters. The Labute approximate surface area is 171 Å². The van der Waals surface area contributed by atoms with Gasteiger partial charge in [-0.3, -0.25) is 9.79 Å². The van der Waals surface area contributed by atoms with Gasteiger partial charge >= 0.3 is 0 Å². The van der Waals surface area contributed by atoms with Gasteiger partial charge in [-0.1, -0.05) is 48.7 Å². The lowest BCUT2D eigenvalue weighted by Crippen LogP contribution is -2.34. The molecule has 4 nitrogen and oxygen atoms in total. The highest BCUT2D eigenvalue weighted by Gasteiger charge is 2.29. The van der Waals surface area contributed by atoms with Gasteiger partial charge in [0.05, 0.1) is 6.04 Å². The number of halogens is 2. The van der Waals surface area contributed by atoms with Gasteiger partial charge in [-0.2, -0.15) is 0 Å². The number of benzene rings is 1. The second-order valence-electron chi connectivity index (χ2n) is 7.00. The Kier molecular flexibility index (Phi) is 8.11. The maximum Gasteiger partial charge on any atom is 0.226 e. The summed E-state index contributed by atoms with van der Waals surface area (Å²) in [5.41, 5.74) is 1.76. The number of amides is 1. The van der Waals surface area contributed by atoms with Crippen LogP contribution in [0.15, 0.2) is 23.2 Å². The Hall–Kier alpha value is -0.910. The molecule has 1 amide bonds. The number of aryl methyl sites for hydroxylation is 1. The molecular weight excluding hydrogens is 389 g/mol. The lowest BCUT2D eigenvalue weighted by Gasteiger charge is -2.23. The van der Waals surface area contributed by atoms with E-state index in [9.17, 15) is 4.79 Å². The molecule has 3 rings (SSSR count). The molecule has 1 aromatic carbocycles. The van der Waals surface area contributed by atoms with Crippen LogP contribution in [0.25, 0.3) is 0 Å². The first kappa shape index (κ1) is 21.4. The number of thioether (sulfide) groups is 1. The highest BCUT2D eigenvalue weighted by Crippen LogP contribution is 2.28. The zero-order valence-electron chi connectivity index (χ0n) is 15.3. The van der Waals surface area contributed by atoms with Gasteiger partial charge in [-0.15, -0.1) is 12.4 Å². The van der Waals surface area contributed by atoms with Crippen LogP contribution in [0.3, 0.4) is 0 Å². The standard InChI is InChI=1S/C19H26ClN3OS.ClH/c1-13-8-9-15(10-17(13)20)21-18(24)11-16-12-25-19(23(16)2)22-14-6-4-3-5-7-14;/h8-10,14,16H,3-7,11-12H2,1-2H3,(H,21,24);1H/b22-19-;. The van der Waals surface area contributed by atoms with Crippen molar-refractivity contribution in [2.45, 2.75) is 57.5 Å². The first-order chi connectivity index (χ1) is 12.0. The summed E-state index contributed by atoms with van der Waals surface area (Å²) < 4.78 is 0. The van der Waals surface area contributed by atoms with Gasteiger partial charge in [0, 0.05) is 36.0 Å². The smallest absolute Gasteiger partial charge is 0.226 e. The van der Waals surface area contributed by atoms with Crippen molar-refractivity contribution >= 4 is 52.5 Å². The van der Waals surface area contributed by atoms with Crippen molar-refractivity contribution in [3.63, 3.8) is 0 Å². The lowest BCUT2D eigenvalue weighted by molar-refractivity contribution is -0.116. The van der Waals surface area contributed by atoms with Gasteiger partial charge in [0.25, 0.3) is 0 Å². The van der Waals surface area contributed by atoms with E-state index in [1.165, 1.54) is 32.1 Å². The minimum absolute atomic E-state index is 0. The van der Waals surface area contributed by atoms with Crippen LogP contribution in [-0.4, -0.2) is 40.9 Å². The zero-order chi connectivity index (χ0) is 17.8. The minimum atomic E-state index is 0. The number of hydrogen-bond acceptors (Lipinski definition) is 3. The fourth-order valence-corrected chi connectivity index (χ4v) is 4.77. The second kappa shape index (κ2) is 9.86. The van der Waals surface area contributed by atoms with Crippen LogP contribution >= 0.6 is 35.8 Å². The van der Waals surface area contributed by atoms with Crippen LogP contribution in [0.1, 0.15) is 44.1 Å². The monoisotopic (exact) mass is 415 g/mol. The van der Waals surface area contributed by atoms with Gasteiger partial charge in [0.1, 0.15) is 0 Å². The third-order valence-corrected chi connectivity index (χ3v) is 6.61. The maximum absolute atomic E-state index is 12.4. The molecule has 144 valence electrons. The van der Waals surface area contributed by atoms with E-state index in [4.69, 9.17) is 16.6 Å². The Bertz CT molecular complexity index is 662. The van der Waals surface area contributed by atoms with Crippen LogP contribution < -0.4 is 5.32 Å². The second-order valence-corrected chi connectivity index (χ2v) is 8.39.